The van der Waals surface area contributed by atoms with Gasteiger partial charge in [0.2, 0.25) is 0 Å². The molecular formula is C13H18ClFN2O2. The minimum atomic E-state index is -0.884. The molecule has 1 saturated heterocycles. The van der Waals surface area contributed by atoms with Gasteiger partial charge in [-0.3, -0.25) is 4.79 Å². The second-order valence-electron chi connectivity index (χ2n) is 4.61. The van der Waals surface area contributed by atoms with E-state index in [-0.39, 0.29) is 24.2 Å². The van der Waals surface area contributed by atoms with Crippen LogP contribution in [0, 0.1) is 5.82 Å². The summed E-state index contributed by atoms with van der Waals surface area (Å²) in [6, 6.07) is 6.33. The normalized spacial score (nSPS) is 17.5. The second kappa shape index (κ2) is 6.21. The average Bonchev–Trinajstić information content (AvgIpc) is 2.40. The summed E-state index contributed by atoms with van der Waals surface area (Å²) < 4.78 is 17.5. The Labute approximate surface area is 118 Å². The van der Waals surface area contributed by atoms with Gasteiger partial charge in [0.15, 0.2) is 0 Å². The van der Waals surface area contributed by atoms with Crippen molar-refractivity contribution >= 4 is 24.1 Å². The highest BCUT2D eigenvalue weighted by atomic mass is 35.5. The number of rotatable bonds is 2. The molecule has 106 valence electrons. The van der Waals surface area contributed by atoms with E-state index in [9.17, 15) is 9.18 Å². The van der Waals surface area contributed by atoms with Crippen LogP contribution in [-0.4, -0.2) is 31.7 Å². The topological polar surface area (TPSA) is 55.6 Å². The molecular weight excluding hydrogens is 271 g/mol. The summed E-state index contributed by atoms with van der Waals surface area (Å²) in [5, 5.41) is 0. The Morgan fingerprint density at radius 1 is 1.32 bits per heavy atom. The van der Waals surface area contributed by atoms with Crippen molar-refractivity contribution in [1.82, 2.24) is 0 Å². The number of hydrogen-bond acceptors (Lipinski definition) is 4. The number of methoxy groups -OCH3 is 1. The zero-order valence-corrected chi connectivity index (χ0v) is 11.6. The number of benzene rings is 1. The second-order valence-corrected chi connectivity index (χ2v) is 4.61. The Morgan fingerprint density at radius 3 is 2.32 bits per heavy atom. The molecule has 0 saturated carbocycles. The van der Waals surface area contributed by atoms with Crippen LogP contribution >= 0.6 is 12.4 Å². The number of esters is 1. The smallest absolute Gasteiger partial charge is 0.325 e. The predicted octanol–water partition coefficient (Wildman–Crippen LogP) is 1.72. The molecule has 1 aliphatic rings. The van der Waals surface area contributed by atoms with E-state index in [0.717, 1.165) is 5.69 Å². The number of carbonyl (C=O) groups is 1. The molecule has 19 heavy (non-hydrogen) atoms. The summed E-state index contributed by atoms with van der Waals surface area (Å²) in [4.78, 5) is 13.7. The van der Waals surface area contributed by atoms with Crippen LogP contribution in [0.4, 0.5) is 10.1 Å². The number of carbonyl (C=O) groups excluding carboxylic acids is 1. The lowest BCUT2D eigenvalue weighted by atomic mass is 9.88. The van der Waals surface area contributed by atoms with Crippen molar-refractivity contribution < 1.29 is 13.9 Å². The van der Waals surface area contributed by atoms with E-state index < -0.39 is 5.54 Å². The minimum absolute atomic E-state index is 0. The molecule has 6 heteroatoms. The van der Waals surface area contributed by atoms with Gasteiger partial charge < -0.3 is 15.4 Å². The van der Waals surface area contributed by atoms with Crippen LogP contribution in [0.3, 0.4) is 0 Å². The van der Waals surface area contributed by atoms with Crippen LogP contribution in [0.15, 0.2) is 24.3 Å². The molecule has 0 spiro atoms. The van der Waals surface area contributed by atoms with Crippen molar-refractivity contribution in [2.24, 2.45) is 5.73 Å². The highest BCUT2D eigenvalue weighted by Crippen LogP contribution is 2.25. The van der Waals surface area contributed by atoms with Gasteiger partial charge in [0.1, 0.15) is 11.4 Å². The SMILES string of the molecule is COC(=O)C1(N)CCN(c2ccc(F)cc2)CC1.Cl. The fourth-order valence-corrected chi connectivity index (χ4v) is 2.22. The van der Waals surface area contributed by atoms with E-state index >= 15 is 0 Å². The number of ether oxygens (including phenoxy) is 1. The quantitative estimate of drug-likeness (QED) is 0.842. The summed E-state index contributed by atoms with van der Waals surface area (Å²) in [6.45, 7) is 1.33. The monoisotopic (exact) mass is 288 g/mol. The third kappa shape index (κ3) is 3.36. The van der Waals surface area contributed by atoms with Gasteiger partial charge in [-0.05, 0) is 37.1 Å². The Balaban J connectivity index is 0.00000180. The van der Waals surface area contributed by atoms with Crippen LogP contribution < -0.4 is 10.6 Å². The molecule has 1 heterocycles. The molecule has 1 aliphatic heterocycles. The molecule has 4 nitrogen and oxygen atoms in total. The Hall–Kier alpha value is -1.33. The molecule has 0 aliphatic carbocycles. The molecule has 2 N–H and O–H groups in total. The van der Waals surface area contributed by atoms with Gasteiger partial charge >= 0.3 is 5.97 Å². The number of hydrogen-bond donors (Lipinski definition) is 1. The minimum Gasteiger partial charge on any atom is -0.468 e. The molecule has 1 fully saturated rings. The fraction of sp³-hybridized carbons (Fsp3) is 0.462. The molecule has 0 unspecified atom stereocenters. The van der Waals surface area contributed by atoms with Gasteiger partial charge in [-0.15, -0.1) is 12.4 Å². The van der Waals surface area contributed by atoms with Gasteiger partial charge in [0.25, 0.3) is 0 Å². The standard InChI is InChI=1S/C13H17FN2O2.ClH/c1-18-12(17)13(15)6-8-16(9-7-13)11-4-2-10(14)3-5-11;/h2-5H,6-9,15H2,1H3;1H. The molecule has 0 atom stereocenters. The Bertz CT molecular complexity index is 431. The number of nitrogens with zero attached hydrogens (tertiary/aromatic N) is 1. The van der Waals surface area contributed by atoms with Crippen molar-refractivity contribution in [3.8, 4) is 0 Å². The largest absolute Gasteiger partial charge is 0.468 e. The first-order chi connectivity index (χ1) is 8.55. The molecule has 2 rings (SSSR count). The summed E-state index contributed by atoms with van der Waals surface area (Å²) in [6.07, 6.45) is 1.08. The highest BCUT2D eigenvalue weighted by molar-refractivity contribution is 5.85. The van der Waals surface area contributed by atoms with Crippen LogP contribution in [-0.2, 0) is 9.53 Å². The number of anilines is 1. The van der Waals surface area contributed by atoms with Gasteiger partial charge in [-0.25, -0.2) is 4.39 Å². The lowest BCUT2D eigenvalue weighted by molar-refractivity contribution is -0.147. The Kier molecular flexibility index (Phi) is 5.14. The number of nitrogens with two attached hydrogens (primary N) is 1. The first-order valence-electron chi connectivity index (χ1n) is 5.93. The number of halogens is 2. The van der Waals surface area contributed by atoms with Crippen molar-refractivity contribution in [3.05, 3.63) is 30.1 Å². The third-order valence-corrected chi connectivity index (χ3v) is 3.44. The third-order valence-electron chi connectivity index (χ3n) is 3.44. The van der Waals surface area contributed by atoms with E-state index in [2.05, 4.69) is 4.90 Å². The molecule has 0 aromatic heterocycles. The van der Waals surface area contributed by atoms with Crippen molar-refractivity contribution in [3.63, 3.8) is 0 Å². The van der Waals surface area contributed by atoms with Crippen LogP contribution in [0.1, 0.15) is 12.8 Å². The molecule has 0 bridgehead atoms. The molecule has 0 amide bonds. The van der Waals surface area contributed by atoms with E-state index in [1.807, 2.05) is 0 Å². The van der Waals surface area contributed by atoms with E-state index in [1.54, 1.807) is 12.1 Å². The van der Waals surface area contributed by atoms with Gasteiger partial charge in [-0.2, -0.15) is 0 Å². The molecule has 0 radical (unpaired) electrons. The maximum atomic E-state index is 12.8. The zero-order chi connectivity index (χ0) is 13.2. The molecule has 1 aromatic carbocycles. The number of piperidine rings is 1. The first kappa shape index (κ1) is 15.7. The van der Waals surface area contributed by atoms with Crippen LogP contribution in [0.25, 0.3) is 0 Å². The summed E-state index contributed by atoms with van der Waals surface area (Å²) in [5.74, 6) is -0.611. The highest BCUT2D eigenvalue weighted by Gasteiger charge is 2.38. The van der Waals surface area contributed by atoms with Crippen molar-refractivity contribution in [2.75, 3.05) is 25.1 Å². The van der Waals surface area contributed by atoms with Gasteiger partial charge in [-0.1, -0.05) is 0 Å². The summed E-state index contributed by atoms with van der Waals surface area (Å²) >= 11 is 0. The maximum absolute atomic E-state index is 12.8. The zero-order valence-electron chi connectivity index (χ0n) is 10.8. The summed E-state index contributed by atoms with van der Waals surface area (Å²) in [5.41, 5.74) is 6.08. The fourth-order valence-electron chi connectivity index (χ4n) is 2.22. The first-order valence-corrected chi connectivity index (χ1v) is 5.93. The van der Waals surface area contributed by atoms with E-state index in [4.69, 9.17) is 10.5 Å². The lowest BCUT2D eigenvalue weighted by Crippen LogP contribution is -2.56. The lowest BCUT2D eigenvalue weighted by Gasteiger charge is -2.38. The van der Waals surface area contributed by atoms with Crippen LogP contribution in [0.2, 0.25) is 0 Å². The molecule has 1 aromatic rings. The maximum Gasteiger partial charge on any atom is 0.325 e. The van der Waals surface area contributed by atoms with Crippen molar-refractivity contribution in [2.45, 2.75) is 18.4 Å². The van der Waals surface area contributed by atoms with Crippen molar-refractivity contribution in [1.29, 1.82) is 0 Å². The average molecular weight is 289 g/mol. The van der Waals surface area contributed by atoms with Gasteiger partial charge in [0, 0.05) is 18.8 Å². The Morgan fingerprint density at radius 2 is 1.84 bits per heavy atom. The van der Waals surface area contributed by atoms with Gasteiger partial charge in [0.05, 0.1) is 7.11 Å². The van der Waals surface area contributed by atoms with E-state index in [1.165, 1.54) is 19.2 Å². The van der Waals surface area contributed by atoms with E-state index in [0.29, 0.717) is 25.9 Å². The predicted molar refractivity (Wildman–Crippen MR) is 74.0 cm³/mol. The summed E-state index contributed by atoms with van der Waals surface area (Å²) in [7, 11) is 1.35. The van der Waals surface area contributed by atoms with Crippen LogP contribution in [0.5, 0.6) is 0 Å².